The minimum Gasteiger partial charge on any atom is -0.493 e. The van der Waals surface area contributed by atoms with E-state index in [1.54, 1.807) is 14.2 Å². The number of nitrogens with zero attached hydrogens (tertiary/aromatic N) is 4. The lowest BCUT2D eigenvalue weighted by atomic mass is 9.79. The first kappa shape index (κ1) is 23.4. The van der Waals surface area contributed by atoms with Crippen molar-refractivity contribution in [3.05, 3.63) is 30.2 Å². The van der Waals surface area contributed by atoms with Gasteiger partial charge in [-0.2, -0.15) is 0 Å². The van der Waals surface area contributed by atoms with Crippen LogP contribution in [0.3, 0.4) is 0 Å². The summed E-state index contributed by atoms with van der Waals surface area (Å²) in [6.45, 7) is 7.77. The van der Waals surface area contributed by atoms with E-state index >= 15 is 0 Å². The highest BCUT2D eigenvalue weighted by molar-refractivity contribution is 5.63. The number of aromatic nitrogens is 2. The maximum atomic E-state index is 5.51. The Hall–Kier alpha value is -2.05. The van der Waals surface area contributed by atoms with Crippen LogP contribution in [0.5, 0.6) is 11.5 Å². The van der Waals surface area contributed by atoms with E-state index in [4.69, 9.17) is 14.5 Å². The molecule has 35 heavy (non-hydrogen) atoms. The molecule has 2 aromatic rings. The summed E-state index contributed by atoms with van der Waals surface area (Å²) in [5, 5.41) is 0. The van der Waals surface area contributed by atoms with Crippen molar-refractivity contribution in [3.8, 4) is 22.8 Å². The summed E-state index contributed by atoms with van der Waals surface area (Å²) >= 11 is 0. The zero-order valence-electron chi connectivity index (χ0n) is 21.6. The highest BCUT2D eigenvalue weighted by atomic mass is 16.5. The standard InChI is InChI=1S/C29H42N4O2/c1-34-27-7-5-23(17-28(27)35-2)26-20-33-19-24(6-8-29(33)30-26)22-9-15-32(16-10-22)25-11-13-31(14-12-25)18-21-3-4-21/h5,7,17,20-22,24-25H,3-4,6,8-16,18-19H2,1-2H3. The SMILES string of the molecule is COc1ccc(-c2cn3c(n2)CCC(C2CCN(C4CCN(CC5CC5)CC4)CC2)C3)cc1OC. The van der Waals surface area contributed by atoms with Gasteiger partial charge in [-0.15, -0.1) is 0 Å². The molecule has 1 atom stereocenters. The molecule has 1 aromatic carbocycles. The minimum atomic E-state index is 0.759. The van der Waals surface area contributed by atoms with Gasteiger partial charge in [0.2, 0.25) is 0 Å². The third-order valence-electron chi connectivity index (χ3n) is 9.24. The summed E-state index contributed by atoms with van der Waals surface area (Å²) in [7, 11) is 3.36. The molecule has 6 nitrogen and oxygen atoms in total. The van der Waals surface area contributed by atoms with Crippen molar-refractivity contribution in [2.45, 2.75) is 64.0 Å². The lowest BCUT2D eigenvalue weighted by Gasteiger charge is -2.43. The third kappa shape index (κ3) is 5.10. The number of hydrogen-bond donors (Lipinski definition) is 0. The zero-order chi connectivity index (χ0) is 23.8. The smallest absolute Gasteiger partial charge is 0.161 e. The highest BCUT2D eigenvalue weighted by Crippen LogP contribution is 2.37. The molecule has 6 heteroatoms. The summed E-state index contributed by atoms with van der Waals surface area (Å²) < 4.78 is 13.3. The van der Waals surface area contributed by atoms with E-state index in [0.717, 1.165) is 59.5 Å². The quantitative estimate of drug-likeness (QED) is 0.576. The van der Waals surface area contributed by atoms with Crippen LogP contribution in [0, 0.1) is 17.8 Å². The Kier molecular flexibility index (Phi) is 6.76. The van der Waals surface area contributed by atoms with E-state index in [1.807, 2.05) is 12.1 Å². The van der Waals surface area contributed by atoms with Crippen molar-refractivity contribution >= 4 is 0 Å². The van der Waals surface area contributed by atoms with Crippen molar-refractivity contribution in [2.24, 2.45) is 17.8 Å². The van der Waals surface area contributed by atoms with Gasteiger partial charge >= 0.3 is 0 Å². The predicted molar refractivity (Wildman–Crippen MR) is 139 cm³/mol. The first-order chi connectivity index (χ1) is 17.2. The molecule has 4 heterocycles. The third-order valence-corrected chi connectivity index (χ3v) is 9.24. The molecular formula is C29H42N4O2. The molecule has 0 bridgehead atoms. The first-order valence-corrected chi connectivity index (χ1v) is 13.9. The van der Waals surface area contributed by atoms with Gasteiger partial charge in [-0.25, -0.2) is 4.98 Å². The second-order valence-corrected chi connectivity index (χ2v) is 11.4. The van der Waals surface area contributed by atoms with Crippen LogP contribution in [0.2, 0.25) is 0 Å². The molecule has 6 rings (SSSR count). The van der Waals surface area contributed by atoms with Crippen molar-refractivity contribution in [3.63, 3.8) is 0 Å². The average molecular weight is 479 g/mol. The molecule has 4 aliphatic rings. The van der Waals surface area contributed by atoms with Gasteiger partial charge in [-0.3, -0.25) is 0 Å². The van der Waals surface area contributed by atoms with E-state index in [2.05, 4.69) is 26.6 Å². The summed E-state index contributed by atoms with van der Waals surface area (Å²) in [6, 6.07) is 6.93. The van der Waals surface area contributed by atoms with E-state index in [-0.39, 0.29) is 0 Å². The average Bonchev–Trinajstić information content (AvgIpc) is 3.63. The Morgan fingerprint density at radius 1 is 0.857 bits per heavy atom. The minimum absolute atomic E-state index is 0.759. The Bertz CT molecular complexity index is 1000. The lowest BCUT2D eigenvalue weighted by Crippen LogP contribution is -2.48. The summed E-state index contributed by atoms with van der Waals surface area (Å²) in [5.74, 6) is 5.44. The molecule has 1 unspecified atom stereocenters. The first-order valence-electron chi connectivity index (χ1n) is 13.9. The zero-order valence-corrected chi connectivity index (χ0v) is 21.6. The summed E-state index contributed by atoms with van der Waals surface area (Å²) in [4.78, 5) is 10.6. The fourth-order valence-electron chi connectivity index (χ4n) is 6.88. The number of rotatable bonds is 7. The number of piperidine rings is 2. The maximum absolute atomic E-state index is 5.51. The fourth-order valence-corrected chi connectivity index (χ4v) is 6.88. The van der Waals surface area contributed by atoms with E-state index in [9.17, 15) is 0 Å². The number of imidazole rings is 1. The van der Waals surface area contributed by atoms with E-state index in [1.165, 1.54) is 83.5 Å². The van der Waals surface area contributed by atoms with Crippen molar-refractivity contribution < 1.29 is 9.47 Å². The topological polar surface area (TPSA) is 42.8 Å². The number of fused-ring (bicyclic) bond motifs is 1. The predicted octanol–water partition coefficient (Wildman–Crippen LogP) is 4.72. The number of ether oxygens (including phenoxy) is 2. The Morgan fingerprint density at radius 2 is 1.63 bits per heavy atom. The van der Waals surface area contributed by atoms with Crippen LogP contribution in [0.1, 0.15) is 50.8 Å². The van der Waals surface area contributed by atoms with Crippen molar-refractivity contribution in [1.82, 2.24) is 19.4 Å². The van der Waals surface area contributed by atoms with Gasteiger partial charge in [0.25, 0.3) is 0 Å². The summed E-state index contributed by atoms with van der Waals surface area (Å²) in [5.41, 5.74) is 2.14. The highest BCUT2D eigenvalue weighted by Gasteiger charge is 2.34. The van der Waals surface area contributed by atoms with E-state index < -0.39 is 0 Å². The van der Waals surface area contributed by atoms with Crippen LogP contribution < -0.4 is 9.47 Å². The van der Waals surface area contributed by atoms with Crippen molar-refractivity contribution in [1.29, 1.82) is 0 Å². The van der Waals surface area contributed by atoms with Gasteiger partial charge in [0.05, 0.1) is 19.9 Å². The molecule has 1 saturated carbocycles. The number of likely N-dealkylation sites (tertiary alicyclic amines) is 2. The molecule has 190 valence electrons. The molecule has 0 N–H and O–H groups in total. The van der Waals surface area contributed by atoms with Crippen LogP contribution >= 0.6 is 0 Å². The molecule has 3 fully saturated rings. The monoisotopic (exact) mass is 478 g/mol. The molecule has 0 spiro atoms. The fraction of sp³-hybridized carbons (Fsp3) is 0.690. The molecule has 0 amide bonds. The second kappa shape index (κ2) is 10.1. The number of methoxy groups -OCH3 is 2. The number of benzene rings is 1. The van der Waals surface area contributed by atoms with Gasteiger partial charge < -0.3 is 23.8 Å². The Morgan fingerprint density at radius 3 is 2.34 bits per heavy atom. The van der Waals surface area contributed by atoms with Gasteiger partial charge in [0.1, 0.15) is 5.82 Å². The van der Waals surface area contributed by atoms with Crippen LogP contribution in [-0.2, 0) is 13.0 Å². The lowest BCUT2D eigenvalue weighted by molar-refractivity contribution is 0.0586. The maximum Gasteiger partial charge on any atom is 0.161 e. The Labute approximate surface area is 210 Å². The molecule has 2 saturated heterocycles. The molecule has 3 aliphatic heterocycles. The second-order valence-electron chi connectivity index (χ2n) is 11.4. The number of hydrogen-bond acceptors (Lipinski definition) is 5. The van der Waals surface area contributed by atoms with Gasteiger partial charge in [-0.1, -0.05) is 0 Å². The van der Waals surface area contributed by atoms with Gasteiger partial charge in [0, 0.05) is 37.3 Å². The van der Waals surface area contributed by atoms with Crippen LogP contribution in [0.4, 0.5) is 0 Å². The molecule has 1 aliphatic carbocycles. The van der Waals surface area contributed by atoms with Crippen LogP contribution in [0.15, 0.2) is 24.4 Å². The van der Waals surface area contributed by atoms with Gasteiger partial charge in [-0.05, 0) is 107 Å². The van der Waals surface area contributed by atoms with E-state index in [0.29, 0.717) is 0 Å². The Balaban J connectivity index is 1.03. The molecule has 1 aromatic heterocycles. The summed E-state index contributed by atoms with van der Waals surface area (Å²) in [6.07, 6.45) is 13.1. The van der Waals surface area contributed by atoms with Crippen molar-refractivity contribution in [2.75, 3.05) is 46.9 Å². The molecule has 0 radical (unpaired) electrons. The van der Waals surface area contributed by atoms with Crippen LogP contribution in [-0.4, -0.2) is 72.3 Å². The normalized spacial score (nSPS) is 24.9. The largest absolute Gasteiger partial charge is 0.493 e. The molecular weight excluding hydrogens is 436 g/mol. The van der Waals surface area contributed by atoms with Gasteiger partial charge in [0.15, 0.2) is 11.5 Å². The number of aryl methyl sites for hydroxylation is 1. The van der Waals surface area contributed by atoms with Crippen LogP contribution in [0.25, 0.3) is 11.3 Å².